The molecule has 2 aromatic rings. The van der Waals surface area contributed by atoms with Gasteiger partial charge in [0.25, 0.3) is 0 Å². The average molecular weight is 266 g/mol. The van der Waals surface area contributed by atoms with E-state index in [1.807, 2.05) is 22.9 Å². The summed E-state index contributed by atoms with van der Waals surface area (Å²) in [5.41, 5.74) is 1.93. The molecule has 17 heavy (non-hydrogen) atoms. The predicted molar refractivity (Wildman–Crippen MR) is 71.6 cm³/mol. The first-order chi connectivity index (χ1) is 8.24. The molecule has 1 unspecified atom stereocenters. The van der Waals surface area contributed by atoms with Crippen LogP contribution in [0.5, 0.6) is 0 Å². The van der Waals surface area contributed by atoms with E-state index in [0.29, 0.717) is 5.75 Å². The molecule has 1 heterocycles. The molecule has 0 saturated carbocycles. The molecule has 0 radical (unpaired) electrons. The normalized spacial score (nSPS) is 13.0. The van der Waals surface area contributed by atoms with Gasteiger partial charge in [-0.15, -0.1) is 0 Å². The molecule has 88 valence electrons. The molecule has 2 rings (SSSR count). The molecule has 0 fully saturated rings. The van der Waals surface area contributed by atoms with Crippen molar-refractivity contribution in [2.75, 3.05) is 0 Å². The van der Waals surface area contributed by atoms with Gasteiger partial charge >= 0.3 is 0 Å². The SMILES string of the molecule is O=S(/C=C/c1ccsc1)Cc1ccc(F)cc1. The van der Waals surface area contributed by atoms with Crippen LogP contribution in [0.1, 0.15) is 11.1 Å². The summed E-state index contributed by atoms with van der Waals surface area (Å²) in [6, 6.07) is 8.05. The zero-order valence-electron chi connectivity index (χ0n) is 9.01. The largest absolute Gasteiger partial charge is 0.255 e. The fourth-order valence-corrected chi connectivity index (χ4v) is 2.87. The fourth-order valence-electron chi connectivity index (χ4n) is 1.32. The molecule has 0 aliphatic rings. The second-order valence-electron chi connectivity index (χ2n) is 3.51. The van der Waals surface area contributed by atoms with Gasteiger partial charge in [-0.1, -0.05) is 12.1 Å². The van der Waals surface area contributed by atoms with Crippen LogP contribution in [-0.2, 0) is 16.6 Å². The zero-order chi connectivity index (χ0) is 12.1. The first-order valence-electron chi connectivity index (χ1n) is 5.06. The van der Waals surface area contributed by atoms with Crippen molar-refractivity contribution in [2.24, 2.45) is 0 Å². The Morgan fingerprint density at radius 2 is 2.00 bits per heavy atom. The van der Waals surface area contributed by atoms with Gasteiger partial charge in [0.2, 0.25) is 0 Å². The summed E-state index contributed by atoms with van der Waals surface area (Å²) in [6.45, 7) is 0. The van der Waals surface area contributed by atoms with Crippen LogP contribution in [0.2, 0.25) is 0 Å². The van der Waals surface area contributed by atoms with Crippen LogP contribution < -0.4 is 0 Å². The van der Waals surface area contributed by atoms with Crippen molar-refractivity contribution in [2.45, 2.75) is 5.75 Å². The van der Waals surface area contributed by atoms with Gasteiger partial charge in [-0.05, 0) is 46.2 Å². The van der Waals surface area contributed by atoms with Crippen molar-refractivity contribution < 1.29 is 8.60 Å². The van der Waals surface area contributed by atoms with Gasteiger partial charge in [0.15, 0.2) is 0 Å². The topological polar surface area (TPSA) is 17.1 Å². The second-order valence-corrected chi connectivity index (χ2v) is 5.61. The highest BCUT2D eigenvalue weighted by Crippen LogP contribution is 2.10. The lowest BCUT2D eigenvalue weighted by Gasteiger charge is -1.97. The molecule has 1 nitrogen and oxygen atoms in total. The van der Waals surface area contributed by atoms with Crippen LogP contribution in [0, 0.1) is 5.82 Å². The van der Waals surface area contributed by atoms with Gasteiger partial charge in [-0.25, -0.2) is 4.39 Å². The van der Waals surface area contributed by atoms with Crippen LogP contribution in [-0.4, -0.2) is 4.21 Å². The number of rotatable bonds is 4. The number of benzene rings is 1. The van der Waals surface area contributed by atoms with Gasteiger partial charge in [0.05, 0.1) is 16.6 Å². The number of halogens is 1. The quantitative estimate of drug-likeness (QED) is 0.822. The Morgan fingerprint density at radius 1 is 1.24 bits per heavy atom. The van der Waals surface area contributed by atoms with Crippen LogP contribution >= 0.6 is 11.3 Å². The molecule has 1 aromatic heterocycles. The predicted octanol–water partition coefficient (Wildman–Crippen LogP) is 3.81. The summed E-state index contributed by atoms with van der Waals surface area (Å²) in [5.74, 6) is 0.148. The third kappa shape index (κ3) is 3.91. The van der Waals surface area contributed by atoms with E-state index in [1.54, 1.807) is 28.9 Å². The van der Waals surface area contributed by atoms with Crippen molar-refractivity contribution in [3.05, 3.63) is 63.4 Å². The van der Waals surface area contributed by atoms with Gasteiger partial charge in [0, 0.05) is 5.41 Å². The molecule has 0 spiro atoms. The minimum Gasteiger partial charge on any atom is -0.255 e. The number of hydrogen-bond donors (Lipinski definition) is 0. The van der Waals surface area contributed by atoms with Gasteiger partial charge < -0.3 is 0 Å². The van der Waals surface area contributed by atoms with Crippen molar-refractivity contribution >= 4 is 28.2 Å². The van der Waals surface area contributed by atoms with Crippen LogP contribution in [0.25, 0.3) is 6.08 Å². The van der Waals surface area contributed by atoms with E-state index in [1.165, 1.54) is 12.1 Å². The molecular weight excluding hydrogens is 255 g/mol. The molecule has 0 aliphatic carbocycles. The van der Waals surface area contributed by atoms with Crippen molar-refractivity contribution in [3.63, 3.8) is 0 Å². The molecule has 0 amide bonds. The van der Waals surface area contributed by atoms with Gasteiger partial charge in [-0.2, -0.15) is 11.3 Å². The van der Waals surface area contributed by atoms with E-state index in [0.717, 1.165) is 11.1 Å². The maximum atomic E-state index is 12.7. The third-order valence-corrected chi connectivity index (χ3v) is 3.94. The van der Waals surface area contributed by atoms with E-state index in [2.05, 4.69) is 0 Å². The van der Waals surface area contributed by atoms with E-state index < -0.39 is 10.8 Å². The van der Waals surface area contributed by atoms with Crippen molar-refractivity contribution in [1.29, 1.82) is 0 Å². The standard InChI is InChI=1S/C13H11FOS2/c14-13-3-1-12(2-4-13)10-17(15)8-6-11-5-7-16-9-11/h1-9H,10H2/b8-6+. The van der Waals surface area contributed by atoms with Gasteiger partial charge in [-0.3, -0.25) is 4.21 Å². The average Bonchev–Trinajstić information content (AvgIpc) is 2.83. The molecule has 1 atom stereocenters. The van der Waals surface area contributed by atoms with Crippen LogP contribution in [0.3, 0.4) is 0 Å². The van der Waals surface area contributed by atoms with E-state index >= 15 is 0 Å². The maximum Gasteiger partial charge on any atom is 0.123 e. The maximum absolute atomic E-state index is 12.7. The van der Waals surface area contributed by atoms with Crippen molar-refractivity contribution in [3.8, 4) is 0 Å². The van der Waals surface area contributed by atoms with E-state index in [-0.39, 0.29) is 5.82 Å². The van der Waals surface area contributed by atoms with Crippen LogP contribution in [0.15, 0.2) is 46.5 Å². The molecule has 0 N–H and O–H groups in total. The lowest BCUT2D eigenvalue weighted by Crippen LogP contribution is -1.91. The smallest absolute Gasteiger partial charge is 0.123 e. The Morgan fingerprint density at radius 3 is 2.65 bits per heavy atom. The minimum absolute atomic E-state index is 0.270. The monoisotopic (exact) mass is 266 g/mol. The first kappa shape index (κ1) is 12.2. The zero-order valence-corrected chi connectivity index (χ0v) is 10.6. The molecule has 0 saturated heterocycles. The van der Waals surface area contributed by atoms with E-state index in [4.69, 9.17) is 0 Å². The lowest BCUT2D eigenvalue weighted by atomic mass is 10.2. The molecule has 0 bridgehead atoms. The Bertz CT molecular complexity index is 515. The Balaban J connectivity index is 1.95. The highest BCUT2D eigenvalue weighted by Gasteiger charge is 1.98. The summed E-state index contributed by atoms with van der Waals surface area (Å²) in [4.78, 5) is 0. The van der Waals surface area contributed by atoms with Crippen molar-refractivity contribution in [1.82, 2.24) is 0 Å². The highest BCUT2D eigenvalue weighted by atomic mass is 32.2. The minimum atomic E-state index is -1.06. The lowest BCUT2D eigenvalue weighted by molar-refractivity contribution is 0.627. The summed E-state index contributed by atoms with van der Waals surface area (Å²) < 4.78 is 24.4. The fraction of sp³-hybridized carbons (Fsp3) is 0.0769. The Kier molecular flexibility index (Phi) is 4.23. The summed E-state index contributed by atoms with van der Waals surface area (Å²) in [5, 5.41) is 5.64. The van der Waals surface area contributed by atoms with E-state index in [9.17, 15) is 8.60 Å². The molecule has 4 heteroatoms. The Hall–Kier alpha value is -1.26. The van der Waals surface area contributed by atoms with Crippen LogP contribution in [0.4, 0.5) is 4.39 Å². The first-order valence-corrected chi connectivity index (χ1v) is 7.38. The number of hydrogen-bond acceptors (Lipinski definition) is 2. The summed E-state index contributed by atoms with van der Waals surface area (Å²) >= 11 is 1.60. The molecule has 1 aromatic carbocycles. The highest BCUT2D eigenvalue weighted by molar-refractivity contribution is 7.87. The Labute approximate surface area is 106 Å². The summed E-state index contributed by atoms with van der Waals surface area (Å²) in [7, 11) is -1.06. The molecular formula is C13H11FOS2. The molecule has 0 aliphatic heterocycles. The third-order valence-electron chi connectivity index (χ3n) is 2.18. The number of thiophene rings is 1. The van der Waals surface area contributed by atoms with Gasteiger partial charge in [0.1, 0.15) is 5.82 Å². The second kappa shape index (κ2) is 5.89. The summed E-state index contributed by atoms with van der Waals surface area (Å²) in [6.07, 6.45) is 1.84.